The van der Waals surface area contributed by atoms with Crippen molar-refractivity contribution in [3.8, 4) is 0 Å². The number of hydrogen-bond acceptors (Lipinski definition) is 3. The van der Waals surface area contributed by atoms with E-state index in [-0.39, 0.29) is 5.97 Å². The highest BCUT2D eigenvalue weighted by Gasteiger charge is 1.97. The number of unbranched alkanes of at least 4 members (excludes halogenated alkanes) is 1. The highest BCUT2D eigenvalue weighted by Crippen LogP contribution is 1.92. The van der Waals surface area contributed by atoms with Crippen molar-refractivity contribution in [2.75, 3.05) is 13.2 Å². The van der Waals surface area contributed by atoms with E-state index in [1.807, 2.05) is 13.8 Å². The molecular weight excluding hydrogens is 178 g/mol. The van der Waals surface area contributed by atoms with Crippen LogP contribution in [-0.4, -0.2) is 19.1 Å². The lowest BCUT2D eigenvalue weighted by molar-refractivity contribution is -0.137. The van der Waals surface area contributed by atoms with Gasteiger partial charge >= 0.3 is 5.97 Å². The maximum Gasteiger partial charge on any atom is 0.332 e. The quantitative estimate of drug-likeness (QED) is 0.388. The van der Waals surface area contributed by atoms with Gasteiger partial charge in [0.25, 0.3) is 0 Å². The molecule has 0 heterocycles. The third kappa shape index (κ3) is 7.65. The fraction of sp³-hybridized carbons (Fsp3) is 0.727. The van der Waals surface area contributed by atoms with E-state index in [9.17, 15) is 4.79 Å². The second-order valence-electron chi connectivity index (χ2n) is 3.28. The summed E-state index contributed by atoms with van der Waals surface area (Å²) < 4.78 is 4.91. The van der Waals surface area contributed by atoms with Gasteiger partial charge in [0.1, 0.15) is 0 Å². The molecule has 0 atom stereocenters. The molecule has 0 saturated heterocycles. The van der Waals surface area contributed by atoms with Gasteiger partial charge in [0.2, 0.25) is 0 Å². The predicted octanol–water partition coefficient (Wildman–Crippen LogP) is 2.23. The number of nitrogens with one attached hydrogen (secondary N) is 1. The standard InChI is InChI=1S/C11H21NO2/c1-4-6-7-12-10(3)9-11(13)14-8-5-2/h9,12H,4-8H2,1-3H3. The molecule has 0 bridgehead atoms. The van der Waals surface area contributed by atoms with Crippen LogP contribution >= 0.6 is 0 Å². The minimum atomic E-state index is -0.256. The fourth-order valence-corrected chi connectivity index (χ4v) is 0.934. The maximum absolute atomic E-state index is 11.1. The zero-order chi connectivity index (χ0) is 10.8. The van der Waals surface area contributed by atoms with Crippen LogP contribution in [0.2, 0.25) is 0 Å². The van der Waals surface area contributed by atoms with Crippen molar-refractivity contribution in [1.29, 1.82) is 0 Å². The Bertz CT molecular complexity index is 188. The lowest BCUT2D eigenvalue weighted by Crippen LogP contribution is -2.14. The van der Waals surface area contributed by atoms with Gasteiger partial charge in [0.05, 0.1) is 6.61 Å². The Morgan fingerprint density at radius 3 is 2.64 bits per heavy atom. The first kappa shape index (κ1) is 13.0. The lowest BCUT2D eigenvalue weighted by atomic mass is 10.3. The van der Waals surface area contributed by atoms with Gasteiger partial charge in [-0.2, -0.15) is 0 Å². The van der Waals surface area contributed by atoms with Crippen molar-refractivity contribution in [1.82, 2.24) is 5.32 Å². The summed E-state index contributed by atoms with van der Waals surface area (Å²) in [6, 6.07) is 0. The Balaban J connectivity index is 3.67. The van der Waals surface area contributed by atoms with E-state index >= 15 is 0 Å². The van der Waals surface area contributed by atoms with Crippen LogP contribution in [0.4, 0.5) is 0 Å². The highest BCUT2D eigenvalue weighted by atomic mass is 16.5. The van der Waals surface area contributed by atoms with Crippen LogP contribution in [0, 0.1) is 0 Å². The number of allylic oxidation sites excluding steroid dienone is 1. The molecule has 0 unspecified atom stereocenters. The first-order chi connectivity index (χ1) is 6.70. The summed E-state index contributed by atoms with van der Waals surface area (Å²) in [6.07, 6.45) is 4.64. The molecule has 0 aromatic carbocycles. The van der Waals surface area contributed by atoms with Crippen molar-refractivity contribution >= 4 is 5.97 Å². The first-order valence-corrected chi connectivity index (χ1v) is 5.29. The first-order valence-electron chi connectivity index (χ1n) is 5.29. The Morgan fingerprint density at radius 1 is 1.36 bits per heavy atom. The number of carbonyl (C=O) groups excluding carboxylic acids is 1. The largest absolute Gasteiger partial charge is 0.462 e. The van der Waals surface area contributed by atoms with Crippen LogP contribution in [0.3, 0.4) is 0 Å². The number of rotatable bonds is 7. The van der Waals surface area contributed by atoms with Gasteiger partial charge in [0.15, 0.2) is 0 Å². The minimum absolute atomic E-state index is 0.256. The molecule has 0 aromatic heterocycles. The van der Waals surface area contributed by atoms with E-state index in [4.69, 9.17) is 4.74 Å². The average molecular weight is 199 g/mol. The molecule has 14 heavy (non-hydrogen) atoms. The van der Waals surface area contributed by atoms with Crippen molar-refractivity contribution in [3.63, 3.8) is 0 Å². The Kier molecular flexibility index (Phi) is 7.99. The van der Waals surface area contributed by atoms with Gasteiger partial charge in [0, 0.05) is 18.3 Å². The molecular formula is C11H21NO2. The molecule has 0 rings (SSSR count). The summed E-state index contributed by atoms with van der Waals surface area (Å²) in [5, 5.41) is 3.15. The summed E-state index contributed by atoms with van der Waals surface area (Å²) >= 11 is 0. The lowest BCUT2D eigenvalue weighted by Gasteiger charge is -2.05. The molecule has 3 nitrogen and oxygen atoms in total. The van der Waals surface area contributed by atoms with E-state index in [2.05, 4.69) is 12.2 Å². The topological polar surface area (TPSA) is 38.3 Å². The van der Waals surface area contributed by atoms with Crippen LogP contribution in [0.1, 0.15) is 40.0 Å². The second kappa shape index (κ2) is 8.60. The highest BCUT2D eigenvalue weighted by molar-refractivity contribution is 5.82. The molecule has 1 N–H and O–H groups in total. The van der Waals surface area contributed by atoms with Gasteiger partial charge in [-0.05, 0) is 19.8 Å². The van der Waals surface area contributed by atoms with Gasteiger partial charge in [-0.1, -0.05) is 20.3 Å². The van der Waals surface area contributed by atoms with Crippen molar-refractivity contribution < 1.29 is 9.53 Å². The molecule has 0 spiro atoms. The van der Waals surface area contributed by atoms with E-state index in [1.54, 1.807) is 0 Å². The van der Waals surface area contributed by atoms with Crippen molar-refractivity contribution in [2.45, 2.75) is 40.0 Å². The fourth-order valence-electron chi connectivity index (χ4n) is 0.934. The summed E-state index contributed by atoms with van der Waals surface area (Å²) in [4.78, 5) is 11.1. The molecule has 0 fully saturated rings. The van der Waals surface area contributed by atoms with Crippen LogP contribution in [0.25, 0.3) is 0 Å². The van der Waals surface area contributed by atoms with E-state index in [1.165, 1.54) is 6.08 Å². The molecule has 0 aliphatic rings. The average Bonchev–Trinajstić information content (AvgIpc) is 2.15. The monoisotopic (exact) mass is 199 g/mol. The van der Waals surface area contributed by atoms with Crippen LogP contribution in [0.5, 0.6) is 0 Å². The third-order valence-electron chi connectivity index (χ3n) is 1.72. The molecule has 0 amide bonds. The normalized spacial score (nSPS) is 11.2. The second-order valence-corrected chi connectivity index (χ2v) is 3.28. The molecule has 82 valence electrons. The summed E-state index contributed by atoms with van der Waals surface area (Å²) in [6.45, 7) is 7.40. The maximum atomic E-state index is 11.1. The molecule has 0 aliphatic carbocycles. The van der Waals surface area contributed by atoms with E-state index in [0.29, 0.717) is 6.61 Å². The third-order valence-corrected chi connectivity index (χ3v) is 1.72. The summed E-state index contributed by atoms with van der Waals surface area (Å²) in [5.74, 6) is -0.256. The van der Waals surface area contributed by atoms with Crippen molar-refractivity contribution in [2.24, 2.45) is 0 Å². The van der Waals surface area contributed by atoms with Crippen LogP contribution in [0.15, 0.2) is 11.8 Å². The number of ether oxygens (including phenoxy) is 1. The Labute approximate surface area is 86.5 Å². The van der Waals surface area contributed by atoms with Crippen LogP contribution in [-0.2, 0) is 9.53 Å². The summed E-state index contributed by atoms with van der Waals surface area (Å²) in [5.41, 5.74) is 0.875. The van der Waals surface area contributed by atoms with E-state index in [0.717, 1.165) is 31.5 Å². The number of hydrogen-bond donors (Lipinski definition) is 1. The van der Waals surface area contributed by atoms with Crippen LogP contribution < -0.4 is 5.32 Å². The molecule has 0 aromatic rings. The minimum Gasteiger partial charge on any atom is -0.462 e. The van der Waals surface area contributed by atoms with E-state index < -0.39 is 0 Å². The molecule has 0 radical (unpaired) electrons. The van der Waals surface area contributed by atoms with Gasteiger partial charge in [-0.3, -0.25) is 0 Å². The Hall–Kier alpha value is -0.990. The Morgan fingerprint density at radius 2 is 2.07 bits per heavy atom. The number of esters is 1. The smallest absolute Gasteiger partial charge is 0.332 e. The summed E-state index contributed by atoms with van der Waals surface area (Å²) in [7, 11) is 0. The molecule has 0 aliphatic heterocycles. The van der Waals surface area contributed by atoms with Gasteiger partial charge < -0.3 is 10.1 Å². The van der Waals surface area contributed by atoms with Gasteiger partial charge in [-0.25, -0.2) is 4.79 Å². The van der Waals surface area contributed by atoms with Crippen molar-refractivity contribution in [3.05, 3.63) is 11.8 Å². The molecule has 0 saturated carbocycles. The SMILES string of the molecule is CCCCNC(C)=CC(=O)OCCC. The zero-order valence-corrected chi connectivity index (χ0v) is 9.43. The van der Waals surface area contributed by atoms with Gasteiger partial charge in [-0.15, -0.1) is 0 Å². The number of carbonyl (C=O) groups is 1. The predicted molar refractivity (Wildman–Crippen MR) is 57.9 cm³/mol. The zero-order valence-electron chi connectivity index (χ0n) is 9.43. The molecule has 3 heteroatoms.